The van der Waals surface area contributed by atoms with E-state index >= 15 is 0 Å². The van der Waals surface area contributed by atoms with Crippen LogP contribution in [0.3, 0.4) is 0 Å². The topological polar surface area (TPSA) is 15.3 Å². The summed E-state index contributed by atoms with van der Waals surface area (Å²) < 4.78 is 36.7. The van der Waals surface area contributed by atoms with Crippen molar-refractivity contribution in [2.24, 2.45) is 0 Å². The van der Waals surface area contributed by atoms with E-state index in [2.05, 4.69) is 5.32 Å². The third-order valence-electron chi connectivity index (χ3n) is 2.17. The molecule has 1 N–H and O–H groups in total. The molecule has 0 aliphatic rings. The van der Waals surface area contributed by atoms with Crippen LogP contribution in [-0.2, 0) is 0 Å². The molecular weight excluding hydrogens is 205 g/mol. The van der Waals surface area contributed by atoms with Gasteiger partial charge in [-0.15, -0.1) is 0 Å². The van der Waals surface area contributed by atoms with Gasteiger partial charge in [0.15, 0.2) is 0 Å². The second-order valence-corrected chi connectivity index (χ2v) is 4.10. The maximum Gasteiger partial charge on any atom is 0.401 e. The van der Waals surface area contributed by atoms with Gasteiger partial charge in [0.1, 0.15) is 0 Å². The van der Waals surface area contributed by atoms with Gasteiger partial charge in [-0.2, -0.15) is 13.2 Å². The summed E-state index contributed by atoms with van der Waals surface area (Å²) in [6.07, 6.45) is -4.11. The van der Waals surface area contributed by atoms with Crippen molar-refractivity contribution in [1.29, 1.82) is 0 Å². The van der Waals surface area contributed by atoms with E-state index in [1.807, 2.05) is 13.8 Å². The molecule has 0 aliphatic heterocycles. The molecule has 0 aromatic rings. The van der Waals surface area contributed by atoms with Crippen LogP contribution in [0.4, 0.5) is 13.2 Å². The SMILES string of the molecule is CCNC(C)CN(CC(F)(F)F)C(C)C. The van der Waals surface area contributed by atoms with Crippen molar-refractivity contribution in [2.45, 2.75) is 46.0 Å². The maximum absolute atomic E-state index is 12.2. The Kier molecular flexibility index (Phi) is 6.20. The van der Waals surface area contributed by atoms with Crippen molar-refractivity contribution in [3.05, 3.63) is 0 Å². The second kappa shape index (κ2) is 6.33. The summed E-state index contributed by atoms with van der Waals surface area (Å²) >= 11 is 0. The monoisotopic (exact) mass is 226 g/mol. The smallest absolute Gasteiger partial charge is 0.313 e. The average Bonchev–Trinajstić information content (AvgIpc) is 2.00. The lowest BCUT2D eigenvalue weighted by Gasteiger charge is -2.30. The molecule has 0 aliphatic carbocycles. The van der Waals surface area contributed by atoms with Gasteiger partial charge in [0, 0.05) is 18.6 Å². The van der Waals surface area contributed by atoms with E-state index in [0.717, 1.165) is 6.54 Å². The van der Waals surface area contributed by atoms with Crippen LogP contribution in [0.15, 0.2) is 0 Å². The fourth-order valence-corrected chi connectivity index (χ4v) is 1.45. The molecular formula is C10H21F3N2. The van der Waals surface area contributed by atoms with E-state index < -0.39 is 12.7 Å². The molecule has 1 atom stereocenters. The second-order valence-electron chi connectivity index (χ2n) is 4.10. The Morgan fingerprint density at radius 1 is 1.20 bits per heavy atom. The maximum atomic E-state index is 12.2. The van der Waals surface area contributed by atoms with Crippen molar-refractivity contribution in [3.8, 4) is 0 Å². The summed E-state index contributed by atoms with van der Waals surface area (Å²) in [7, 11) is 0. The summed E-state index contributed by atoms with van der Waals surface area (Å²) in [6.45, 7) is 7.77. The van der Waals surface area contributed by atoms with E-state index in [-0.39, 0.29) is 12.1 Å². The zero-order chi connectivity index (χ0) is 12.1. The van der Waals surface area contributed by atoms with Crippen molar-refractivity contribution in [2.75, 3.05) is 19.6 Å². The van der Waals surface area contributed by atoms with Gasteiger partial charge in [-0.25, -0.2) is 0 Å². The molecule has 1 unspecified atom stereocenters. The summed E-state index contributed by atoms with van der Waals surface area (Å²) in [5.41, 5.74) is 0. The fraction of sp³-hybridized carbons (Fsp3) is 1.00. The van der Waals surface area contributed by atoms with Gasteiger partial charge in [0.25, 0.3) is 0 Å². The van der Waals surface area contributed by atoms with Crippen LogP contribution >= 0.6 is 0 Å². The van der Waals surface area contributed by atoms with Gasteiger partial charge in [-0.05, 0) is 27.3 Å². The molecule has 0 heterocycles. The standard InChI is InChI=1S/C10H21F3N2/c1-5-14-9(4)6-15(8(2)3)7-10(11,12)13/h8-9,14H,5-7H2,1-4H3. The molecule has 0 amide bonds. The minimum absolute atomic E-state index is 0.0831. The molecule has 5 heteroatoms. The average molecular weight is 226 g/mol. The lowest BCUT2D eigenvalue weighted by Crippen LogP contribution is -2.46. The number of rotatable bonds is 6. The molecule has 0 radical (unpaired) electrons. The quantitative estimate of drug-likeness (QED) is 0.747. The number of likely N-dealkylation sites (N-methyl/N-ethyl adjacent to an activating group) is 1. The van der Waals surface area contributed by atoms with Gasteiger partial charge in [-0.3, -0.25) is 4.90 Å². The van der Waals surface area contributed by atoms with E-state index in [4.69, 9.17) is 0 Å². The fourth-order valence-electron chi connectivity index (χ4n) is 1.45. The summed E-state index contributed by atoms with van der Waals surface area (Å²) in [5.74, 6) is 0. The third kappa shape index (κ3) is 7.62. The molecule has 0 rings (SSSR count). The van der Waals surface area contributed by atoms with Gasteiger partial charge in [0.05, 0.1) is 6.54 Å². The molecule has 2 nitrogen and oxygen atoms in total. The lowest BCUT2D eigenvalue weighted by atomic mass is 10.2. The van der Waals surface area contributed by atoms with E-state index in [0.29, 0.717) is 6.54 Å². The molecule has 0 aromatic carbocycles. The molecule has 0 fully saturated rings. The first kappa shape index (κ1) is 14.7. The zero-order valence-electron chi connectivity index (χ0n) is 9.86. The Morgan fingerprint density at radius 2 is 1.73 bits per heavy atom. The van der Waals surface area contributed by atoms with Gasteiger partial charge >= 0.3 is 6.18 Å². The Bertz CT molecular complexity index is 169. The Hall–Kier alpha value is -0.290. The Balaban J connectivity index is 4.16. The highest BCUT2D eigenvalue weighted by Gasteiger charge is 2.32. The normalized spacial score (nSPS) is 15.0. The highest BCUT2D eigenvalue weighted by Crippen LogP contribution is 2.18. The molecule has 0 bridgehead atoms. The summed E-state index contributed by atoms with van der Waals surface area (Å²) in [5, 5.41) is 3.11. The number of halogens is 3. The minimum Gasteiger partial charge on any atom is -0.313 e. The first-order valence-electron chi connectivity index (χ1n) is 5.30. The van der Waals surface area contributed by atoms with Crippen molar-refractivity contribution in [1.82, 2.24) is 10.2 Å². The highest BCUT2D eigenvalue weighted by atomic mass is 19.4. The predicted octanol–water partition coefficient (Wildman–Crippen LogP) is 2.26. The van der Waals surface area contributed by atoms with Crippen molar-refractivity contribution >= 4 is 0 Å². The molecule has 92 valence electrons. The molecule has 0 spiro atoms. The van der Waals surface area contributed by atoms with Crippen LogP contribution in [0.5, 0.6) is 0 Å². The van der Waals surface area contributed by atoms with E-state index in [9.17, 15) is 13.2 Å². The minimum atomic E-state index is -4.11. The first-order chi connectivity index (χ1) is 6.76. The summed E-state index contributed by atoms with van der Waals surface area (Å²) in [6, 6.07) is -0.00696. The van der Waals surface area contributed by atoms with Crippen LogP contribution < -0.4 is 5.32 Å². The largest absolute Gasteiger partial charge is 0.401 e. The van der Waals surface area contributed by atoms with Crippen molar-refractivity contribution in [3.63, 3.8) is 0 Å². The van der Waals surface area contributed by atoms with Crippen LogP contribution in [0.2, 0.25) is 0 Å². The molecule has 0 aromatic heterocycles. The van der Waals surface area contributed by atoms with Crippen molar-refractivity contribution < 1.29 is 13.2 Å². The number of alkyl halides is 3. The van der Waals surface area contributed by atoms with E-state index in [1.165, 1.54) is 4.90 Å². The summed E-state index contributed by atoms with van der Waals surface area (Å²) in [4.78, 5) is 1.44. The Labute approximate surface area is 89.8 Å². The number of nitrogens with one attached hydrogen (secondary N) is 1. The van der Waals surface area contributed by atoms with Gasteiger partial charge in [0.2, 0.25) is 0 Å². The van der Waals surface area contributed by atoms with E-state index in [1.54, 1.807) is 13.8 Å². The van der Waals surface area contributed by atoms with Crippen LogP contribution in [0, 0.1) is 0 Å². The van der Waals surface area contributed by atoms with Crippen LogP contribution in [-0.4, -0.2) is 42.8 Å². The van der Waals surface area contributed by atoms with Gasteiger partial charge < -0.3 is 5.32 Å². The number of hydrogen-bond acceptors (Lipinski definition) is 2. The highest BCUT2D eigenvalue weighted by molar-refractivity contribution is 4.72. The van der Waals surface area contributed by atoms with Gasteiger partial charge in [-0.1, -0.05) is 6.92 Å². The van der Waals surface area contributed by atoms with Crippen LogP contribution in [0.25, 0.3) is 0 Å². The molecule has 0 saturated heterocycles. The molecule has 15 heavy (non-hydrogen) atoms. The predicted molar refractivity (Wildman–Crippen MR) is 55.9 cm³/mol. The number of hydrogen-bond donors (Lipinski definition) is 1. The molecule has 0 saturated carbocycles. The lowest BCUT2D eigenvalue weighted by molar-refractivity contribution is -0.150. The Morgan fingerprint density at radius 3 is 2.07 bits per heavy atom. The first-order valence-corrected chi connectivity index (χ1v) is 5.30. The number of nitrogens with zero attached hydrogens (tertiary/aromatic N) is 1. The zero-order valence-corrected chi connectivity index (χ0v) is 9.86. The third-order valence-corrected chi connectivity index (χ3v) is 2.17. The van der Waals surface area contributed by atoms with Crippen LogP contribution in [0.1, 0.15) is 27.7 Å².